The highest BCUT2D eigenvalue weighted by Crippen LogP contribution is 2.07. The number of hydrogen-bond acceptors (Lipinski definition) is 3. The maximum absolute atomic E-state index is 11.6. The molecule has 0 aromatic heterocycles. The zero-order valence-corrected chi connectivity index (χ0v) is 9.56. The van der Waals surface area contributed by atoms with Gasteiger partial charge < -0.3 is 4.74 Å². The summed E-state index contributed by atoms with van der Waals surface area (Å²) in [5.74, 6) is 0.0483. The van der Waals surface area contributed by atoms with E-state index in [4.69, 9.17) is 10.00 Å². The first-order chi connectivity index (χ1) is 7.67. The molecule has 1 atom stereocenters. The molecular weight excluding hydrogens is 202 g/mol. The number of carbonyl (C=O) groups excluding carboxylic acids is 1. The monoisotopic (exact) mass is 217 g/mol. The molecular formula is C13H15NO2. The van der Waals surface area contributed by atoms with Crippen LogP contribution in [0, 0.1) is 17.2 Å². The van der Waals surface area contributed by atoms with Crippen molar-refractivity contribution >= 4 is 5.97 Å². The molecule has 0 aliphatic rings. The second kappa shape index (κ2) is 5.92. The number of esters is 1. The second-order valence-corrected chi connectivity index (χ2v) is 3.80. The minimum atomic E-state index is -0.329. The Labute approximate surface area is 95.7 Å². The van der Waals surface area contributed by atoms with Crippen LogP contribution in [-0.4, -0.2) is 12.6 Å². The van der Waals surface area contributed by atoms with Crippen molar-refractivity contribution < 1.29 is 9.53 Å². The lowest BCUT2D eigenvalue weighted by Crippen LogP contribution is -2.11. The van der Waals surface area contributed by atoms with Crippen LogP contribution in [0.25, 0.3) is 0 Å². The lowest BCUT2D eigenvalue weighted by atomic mass is 10.1. The fraction of sp³-hybridized carbons (Fsp3) is 0.385. The van der Waals surface area contributed by atoms with Crippen LogP contribution >= 0.6 is 0 Å². The molecule has 1 aromatic carbocycles. The first-order valence-electron chi connectivity index (χ1n) is 5.34. The van der Waals surface area contributed by atoms with Gasteiger partial charge in [0, 0.05) is 0 Å². The Bertz CT molecular complexity index is 389. The summed E-state index contributed by atoms with van der Waals surface area (Å²) in [5.41, 5.74) is 1.03. The first-order valence-corrected chi connectivity index (χ1v) is 5.34. The highest BCUT2D eigenvalue weighted by Gasteiger charge is 2.08. The standard InChI is InChI=1S/C13H15NO2/c1-3-10(2)9-16-13(15)12-6-4-11(8-14)5-7-12/h4-7,10H,3,9H2,1-2H3/t10-/m1/s1. The van der Waals surface area contributed by atoms with E-state index in [1.807, 2.05) is 13.0 Å². The van der Waals surface area contributed by atoms with Crippen molar-refractivity contribution in [2.45, 2.75) is 20.3 Å². The van der Waals surface area contributed by atoms with Crippen LogP contribution in [0.2, 0.25) is 0 Å². The van der Waals surface area contributed by atoms with Crippen LogP contribution < -0.4 is 0 Å². The van der Waals surface area contributed by atoms with Crippen LogP contribution in [0.15, 0.2) is 24.3 Å². The Balaban J connectivity index is 2.57. The van der Waals surface area contributed by atoms with Gasteiger partial charge in [-0.2, -0.15) is 5.26 Å². The van der Waals surface area contributed by atoms with Crippen LogP contribution in [0.5, 0.6) is 0 Å². The molecule has 0 saturated carbocycles. The molecule has 0 aliphatic carbocycles. The van der Waals surface area contributed by atoms with E-state index < -0.39 is 0 Å². The van der Waals surface area contributed by atoms with Gasteiger partial charge in [-0.15, -0.1) is 0 Å². The fourth-order valence-corrected chi connectivity index (χ4v) is 1.10. The number of hydrogen-bond donors (Lipinski definition) is 0. The molecule has 1 rings (SSSR count). The molecule has 3 heteroatoms. The summed E-state index contributed by atoms with van der Waals surface area (Å²) in [7, 11) is 0. The highest BCUT2D eigenvalue weighted by molar-refractivity contribution is 5.89. The largest absolute Gasteiger partial charge is 0.462 e. The highest BCUT2D eigenvalue weighted by atomic mass is 16.5. The van der Waals surface area contributed by atoms with Crippen molar-refractivity contribution in [1.29, 1.82) is 5.26 Å². The summed E-state index contributed by atoms with van der Waals surface area (Å²) >= 11 is 0. The zero-order chi connectivity index (χ0) is 12.0. The second-order valence-electron chi connectivity index (χ2n) is 3.80. The Kier molecular flexibility index (Phi) is 4.53. The summed E-state index contributed by atoms with van der Waals surface area (Å²) in [5, 5.41) is 8.61. The Morgan fingerprint density at radius 3 is 2.56 bits per heavy atom. The van der Waals surface area contributed by atoms with Gasteiger partial charge in [0.15, 0.2) is 0 Å². The Morgan fingerprint density at radius 2 is 2.06 bits per heavy atom. The van der Waals surface area contributed by atoms with Crippen molar-refractivity contribution in [2.24, 2.45) is 5.92 Å². The molecule has 0 spiro atoms. The molecule has 0 amide bonds. The number of ether oxygens (including phenoxy) is 1. The van der Waals surface area contributed by atoms with E-state index in [0.29, 0.717) is 23.7 Å². The summed E-state index contributed by atoms with van der Waals surface area (Å²) in [6.07, 6.45) is 0.987. The Hall–Kier alpha value is -1.82. The Morgan fingerprint density at radius 1 is 1.44 bits per heavy atom. The van der Waals surface area contributed by atoms with Gasteiger partial charge >= 0.3 is 5.97 Å². The van der Waals surface area contributed by atoms with Crippen LogP contribution in [0.4, 0.5) is 0 Å². The topological polar surface area (TPSA) is 50.1 Å². The van der Waals surface area contributed by atoms with Gasteiger partial charge in [0.1, 0.15) is 0 Å². The molecule has 0 bridgehead atoms. The SMILES string of the molecule is CC[C@@H](C)COC(=O)c1ccc(C#N)cc1. The van der Waals surface area contributed by atoms with Crippen molar-refractivity contribution in [2.75, 3.05) is 6.61 Å². The molecule has 0 N–H and O–H groups in total. The van der Waals surface area contributed by atoms with Crippen LogP contribution in [0.1, 0.15) is 36.2 Å². The van der Waals surface area contributed by atoms with Gasteiger partial charge in [0.05, 0.1) is 23.8 Å². The van der Waals surface area contributed by atoms with Gasteiger partial charge in [-0.1, -0.05) is 20.3 Å². The molecule has 1 aromatic rings. The first kappa shape index (κ1) is 12.3. The van der Waals surface area contributed by atoms with Crippen molar-refractivity contribution in [1.82, 2.24) is 0 Å². The predicted molar refractivity (Wildman–Crippen MR) is 60.9 cm³/mol. The number of benzene rings is 1. The van der Waals surface area contributed by atoms with Gasteiger partial charge in [-0.25, -0.2) is 4.79 Å². The molecule has 0 aliphatic heterocycles. The van der Waals surface area contributed by atoms with E-state index in [9.17, 15) is 4.79 Å². The van der Waals surface area contributed by atoms with Crippen molar-refractivity contribution in [3.8, 4) is 6.07 Å². The number of rotatable bonds is 4. The zero-order valence-electron chi connectivity index (χ0n) is 9.56. The van der Waals surface area contributed by atoms with Crippen molar-refractivity contribution in [3.63, 3.8) is 0 Å². The van der Waals surface area contributed by atoms with E-state index in [2.05, 4.69) is 6.92 Å². The number of carbonyl (C=O) groups is 1. The fourth-order valence-electron chi connectivity index (χ4n) is 1.10. The summed E-state index contributed by atoms with van der Waals surface area (Å²) in [4.78, 5) is 11.6. The molecule has 3 nitrogen and oxygen atoms in total. The van der Waals surface area contributed by atoms with Gasteiger partial charge in [-0.3, -0.25) is 0 Å². The molecule has 0 unspecified atom stereocenters. The molecule has 0 saturated heterocycles. The van der Waals surface area contributed by atoms with Gasteiger partial charge in [0.2, 0.25) is 0 Å². The third kappa shape index (κ3) is 3.39. The maximum Gasteiger partial charge on any atom is 0.338 e. The molecule has 84 valence electrons. The van der Waals surface area contributed by atoms with Gasteiger partial charge in [0.25, 0.3) is 0 Å². The maximum atomic E-state index is 11.6. The third-order valence-corrected chi connectivity index (χ3v) is 2.45. The van der Waals surface area contributed by atoms with E-state index >= 15 is 0 Å². The van der Waals surface area contributed by atoms with Gasteiger partial charge in [-0.05, 0) is 30.2 Å². The normalized spacial score (nSPS) is 11.6. The van der Waals surface area contributed by atoms with Crippen LogP contribution in [-0.2, 0) is 4.74 Å². The number of nitriles is 1. The molecule has 0 fully saturated rings. The van der Waals surface area contributed by atoms with E-state index in [-0.39, 0.29) is 5.97 Å². The third-order valence-electron chi connectivity index (χ3n) is 2.45. The summed E-state index contributed by atoms with van der Waals surface area (Å²) in [6, 6.07) is 8.44. The lowest BCUT2D eigenvalue weighted by molar-refractivity contribution is 0.0447. The number of nitrogens with zero attached hydrogens (tertiary/aromatic N) is 1. The molecule has 0 heterocycles. The minimum absolute atomic E-state index is 0.329. The van der Waals surface area contributed by atoms with E-state index in [1.54, 1.807) is 24.3 Å². The quantitative estimate of drug-likeness (QED) is 0.728. The van der Waals surface area contributed by atoms with Crippen molar-refractivity contribution in [3.05, 3.63) is 35.4 Å². The van der Waals surface area contributed by atoms with E-state index in [1.165, 1.54) is 0 Å². The average Bonchev–Trinajstić information content (AvgIpc) is 2.35. The predicted octanol–water partition coefficient (Wildman–Crippen LogP) is 2.76. The molecule has 16 heavy (non-hydrogen) atoms. The lowest BCUT2D eigenvalue weighted by Gasteiger charge is -2.09. The molecule has 0 radical (unpaired) electrons. The average molecular weight is 217 g/mol. The summed E-state index contributed by atoms with van der Waals surface area (Å²) in [6.45, 7) is 4.53. The smallest absolute Gasteiger partial charge is 0.338 e. The summed E-state index contributed by atoms with van der Waals surface area (Å²) < 4.78 is 5.13. The van der Waals surface area contributed by atoms with E-state index in [0.717, 1.165) is 6.42 Å². The minimum Gasteiger partial charge on any atom is -0.462 e. The van der Waals surface area contributed by atoms with Crippen LogP contribution in [0.3, 0.4) is 0 Å².